The van der Waals surface area contributed by atoms with E-state index in [1.165, 1.54) is 7.11 Å². The van der Waals surface area contributed by atoms with Gasteiger partial charge in [-0.05, 0) is 55.2 Å². The first-order valence-corrected chi connectivity index (χ1v) is 12.1. The first-order valence-electron chi connectivity index (χ1n) is 11.7. The number of nitrogens with zero attached hydrogens (tertiary/aromatic N) is 5. The van der Waals surface area contributed by atoms with E-state index in [2.05, 4.69) is 21.7 Å². The number of carbonyl (C=O) groups excluding carboxylic acids is 2. The van der Waals surface area contributed by atoms with E-state index in [1.807, 2.05) is 29.2 Å². The number of hydrogen-bond acceptors (Lipinski definition) is 5. The highest BCUT2D eigenvalue weighted by atomic mass is 35.5. The summed E-state index contributed by atoms with van der Waals surface area (Å²) in [5.74, 6) is 0.0388. The second kappa shape index (κ2) is 9.23. The molecule has 0 unspecified atom stereocenters. The number of aromatic nitrogens is 2. The number of nitriles is 1. The number of rotatable bonds is 5. The van der Waals surface area contributed by atoms with Gasteiger partial charge in [-0.2, -0.15) is 5.26 Å². The molecule has 1 aromatic carbocycles. The number of methoxy groups -OCH3 is 1. The van der Waals surface area contributed by atoms with E-state index in [0.29, 0.717) is 50.5 Å². The molecule has 2 amide bonds. The molecule has 4 heterocycles. The minimum absolute atomic E-state index is 0.0388. The largest absolute Gasteiger partial charge is 0.453 e. The van der Waals surface area contributed by atoms with Gasteiger partial charge in [0.25, 0.3) is 0 Å². The number of piperidine rings is 1. The predicted octanol–water partition coefficient (Wildman–Crippen LogP) is 4.64. The number of benzene rings is 1. The predicted molar refractivity (Wildman–Crippen MR) is 132 cm³/mol. The van der Waals surface area contributed by atoms with Crippen LogP contribution in [0.4, 0.5) is 10.5 Å². The Morgan fingerprint density at radius 3 is 2.80 bits per heavy atom. The van der Waals surface area contributed by atoms with Crippen molar-refractivity contribution in [2.24, 2.45) is 0 Å². The molecule has 3 aromatic rings. The van der Waals surface area contributed by atoms with E-state index in [4.69, 9.17) is 21.6 Å². The van der Waals surface area contributed by atoms with Gasteiger partial charge in [0.2, 0.25) is 5.91 Å². The van der Waals surface area contributed by atoms with Crippen LogP contribution in [-0.4, -0.2) is 46.7 Å². The molecule has 180 valence electrons. The number of pyridine rings is 1. The van der Waals surface area contributed by atoms with Crippen molar-refractivity contribution in [1.82, 2.24) is 14.5 Å². The third-order valence-electron chi connectivity index (χ3n) is 7.25. The van der Waals surface area contributed by atoms with E-state index in [1.54, 1.807) is 17.3 Å². The molecule has 8 nitrogen and oxygen atoms in total. The molecular weight excluding hydrogens is 466 g/mol. The van der Waals surface area contributed by atoms with Crippen molar-refractivity contribution in [1.29, 1.82) is 5.26 Å². The van der Waals surface area contributed by atoms with Crippen molar-refractivity contribution in [3.05, 3.63) is 59.0 Å². The molecule has 9 heteroatoms. The average Bonchev–Trinajstić information content (AvgIpc) is 3.32. The highest BCUT2D eigenvalue weighted by Gasteiger charge is 2.52. The van der Waals surface area contributed by atoms with Crippen LogP contribution >= 0.6 is 11.6 Å². The van der Waals surface area contributed by atoms with Gasteiger partial charge in [0, 0.05) is 53.9 Å². The molecule has 2 aliphatic rings. The zero-order chi connectivity index (χ0) is 24.6. The number of carbonyl (C=O) groups is 2. The highest BCUT2D eigenvalue weighted by Crippen LogP contribution is 2.48. The second-order valence-electron chi connectivity index (χ2n) is 9.08. The number of fused-ring (bicyclic) bond motifs is 3. The monoisotopic (exact) mass is 491 g/mol. The lowest BCUT2D eigenvalue weighted by atomic mass is 9.74. The number of likely N-dealkylation sites (tertiary alicyclic amines) is 1. The number of hydrogen-bond donors (Lipinski definition) is 0. The fourth-order valence-corrected chi connectivity index (χ4v) is 5.68. The fourth-order valence-electron chi connectivity index (χ4n) is 5.50. The Bertz CT molecular complexity index is 1340. The molecule has 0 bridgehead atoms. The molecule has 0 radical (unpaired) electrons. The summed E-state index contributed by atoms with van der Waals surface area (Å²) in [4.78, 5) is 33.8. The first kappa shape index (κ1) is 23.2. The van der Waals surface area contributed by atoms with Crippen molar-refractivity contribution >= 4 is 40.2 Å². The van der Waals surface area contributed by atoms with Crippen molar-refractivity contribution in [3.8, 4) is 6.07 Å². The number of anilines is 1. The van der Waals surface area contributed by atoms with Gasteiger partial charge < -0.3 is 19.1 Å². The Morgan fingerprint density at radius 1 is 1.26 bits per heavy atom. The summed E-state index contributed by atoms with van der Waals surface area (Å²) in [6, 6.07) is 12.0. The molecule has 0 atom stereocenters. The van der Waals surface area contributed by atoms with Crippen molar-refractivity contribution in [2.45, 2.75) is 44.2 Å². The minimum atomic E-state index is -0.677. The molecule has 0 N–H and O–H groups in total. The Balaban J connectivity index is 1.50. The van der Waals surface area contributed by atoms with Crippen LogP contribution in [0, 0.1) is 11.3 Å². The fraction of sp³-hybridized carbons (Fsp3) is 0.385. The Morgan fingerprint density at radius 2 is 2.06 bits per heavy atom. The molecule has 2 aromatic heterocycles. The van der Waals surface area contributed by atoms with Crippen molar-refractivity contribution in [3.63, 3.8) is 0 Å². The summed E-state index contributed by atoms with van der Waals surface area (Å²) in [6.07, 6.45) is 5.37. The van der Waals surface area contributed by atoms with Crippen LogP contribution in [0.2, 0.25) is 5.02 Å². The smallest absolute Gasteiger partial charge is 0.409 e. The molecule has 0 aliphatic carbocycles. The molecule has 1 spiro atoms. The number of ether oxygens (including phenoxy) is 1. The quantitative estimate of drug-likeness (QED) is 0.485. The zero-order valence-electron chi connectivity index (χ0n) is 19.5. The summed E-state index contributed by atoms with van der Waals surface area (Å²) in [5, 5.41) is 10.7. The van der Waals surface area contributed by atoms with Gasteiger partial charge in [0.05, 0.1) is 37.0 Å². The molecular formula is C26H26ClN5O3. The van der Waals surface area contributed by atoms with Gasteiger partial charge in [-0.25, -0.2) is 4.79 Å². The number of aryl methyl sites for hydroxylation is 1. The molecule has 1 fully saturated rings. The Hall–Kier alpha value is -3.57. The van der Waals surface area contributed by atoms with Gasteiger partial charge in [0.1, 0.15) is 0 Å². The SMILES string of the molecule is COC(=O)N1CCC2(CC1)C(=O)N(Cc1cc3cc(Cl)ccc3n1CCCC#N)c1cnccc12. The summed E-state index contributed by atoms with van der Waals surface area (Å²) in [7, 11) is 1.37. The van der Waals surface area contributed by atoms with E-state index in [-0.39, 0.29) is 12.0 Å². The standard InChI is InChI=1S/C26H26ClN5O3/c1-35-25(34)30-12-7-26(8-13-30)21-6-10-29-16-23(21)32(24(26)33)17-20-15-18-14-19(27)4-5-22(18)31(20)11-3-2-9-28/h4-6,10,14-16H,2-3,7-8,11-13,17H2,1H3. The van der Waals surface area contributed by atoms with E-state index in [9.17, 15) is 9.59 Å². The van der Waals surface area contributed by atoms with Crippen molar-refractivity contribution in [2.75, 3.05) is 25.1 Å². The van der Waals surface area contributed by atoms with Crippen LogP contribution in [-0.2, 0) is 28.0 Å². The summed E-state index contributed by atoms with van der Waals surface area (Å²) >= 11 is 6.25. The zero-order valence-corrected chi connectivity index (χ0v) is 20.3. The molecule has 1 saturated heterocycles. The third-order valence-corrected chi connectivity index (χ3v) is 7.49. The van der Waals surface area contributed by atoms with Gasteiger partial charge >= 0.3 is 6.09 Å². The van der Waals surface area contributed by atoms with E-state index in [0.717, 1.165) is 34.3 Å². The second-order valence-corrected chi connectivity index (χ2v) is 9.51. The van der Waals surface area contributed by atoms with E-state index >= 15 is 0 Å². The maximum atomic E-state index is 14.0. The molecule has 5 rings (SSSR count). The van der Waals surface area contributed by atoms with Crippen LogP contribution in [0.25, 0.3) is 10.9 Å². The Labute approximate surface area is 208 Å². The maximum Gasteiger partial charge on any atom is 0.409 e. The van der Waals surface area contributed by atoms with E-state index < -0.39 is 5.41 Å². The molecule has 35 heavy (non-hydrogen) atoms. The van der Waals surface area contributed by atoms with Crippen LogP contribution < -0.4 is 4.90 Å². The number of unbranched alkanes of at least 4 members (excludes halogenated alkanes) is 1. The van der Waals surface area contributed by atoms with Gasteiger partial charge in [-0.15, -0.1) is 0 Å². The number of amides is 2. The maximum absolute atomic E-state index is 14.0. The van der Waals surface area contributed by atoms with Crippen molar-refractivity contribution < 1.29 is 14.3 Å². The lowest BCUT2D eigenvalue weighted by Gasteiger charge is -2.37. The van der Waals surface area contributed by atoms with Crippen LogP contribution in [0.5, 0.6) is 0 Å². The van der Waals surface area contributed by atoms with Gasteiger partial charge in [-0.3, -0.25) is 9.78 Å². The average molecular weight is 492 g/mol. The summed E-state index contributed by atoms with van der Waals surface area (Å²) in [5.41, 5.74) is 3.12. The Kier molecular flexibility index (Phi) is 6.12. The lowest BCUT2D eigenvalue weighted by Crippen LogP contribution is -2.50. The van der Waals surface area contributed by atoms with Crippen LogP contribution in [0.1, 0.15) is 36.9 Å². The molecule has 0 saturated carbocycles. The third kappa shape index (κ3) is 3.90. The summed E-state index contributed by atoms with van der Waals surface area (Å²) < 4.78 is 7.05. The highest BCUT2D eigenvalue weighted by molar-refractivity contribution is 6.31. The lowest BCUT2D eigenvalue weighted by molar-refractivity contribution is -0.124. The van der Waals surface area contributed by atoms with Gasteiger partial charge in [-0.1, -0.05) is 11.6 Å². The summed E-state index contributed by atoms with van der Waals surface area (Å²) in [6.45, 7) is 1.98. The van der Waals surface area contributed by atoms with Crippen LogP contribution in [0.15, 0.2) is 42.7 Å². The van der Waals surface area contributed by atoms with Crippen LogP contribution in [0.3, 0.4) is 0 Å². The first-order chi connectivity index (χ1) is 17.0. The topological polar surface area (TPSA) is 91.5 Å². The number of halogens is 1. The minimum Gasteiger partial charge on any atom is -0.453 e. The van der Waals surface area contributed by atoms with Gasteiger partial charge in [0.15, 0.2) is 0 Å². The molecule has 2 aliphatic heterocycles. The normalized spacial score (nSPS) is 16.5.